The highest BCUT2D eigenvalue weighted by Gasteiger charge is 2.28. The van der Waals surface area contributed by atoms with Gasteiger partial charge in [-0.25, -0.2) is 0 Å². The van der Waals surface area contributed by atoms with E-state index < -0.39 is 0 Å². The maximum Gasteiger partial charge on any atom is 0.186 e. The van der Waals surface area contributed by atoms with Crippen LogP contribution in [0.2, 0.25) is 5.15 Å². The summed E-state index contributed by atoms with van der Waals surface area (Å²) >= 11 is 7.13. The Morgan fingerprint density at radius 2 is 2.06 bits per heavy atom. The molecule has 0 saturated heterocycles. The Balaban J connectivity index is 2.04. The summed E-state index contributed by atoms with van der Waals surface area (Å²) < 4.78 is 8.18. The predicted molar refractivity (Wildman–Crippen MR) is 69.1 cm³/mol. The molecule has 2 unspecified atom stereocenters. The number of hydrogen-bond acceptors (Lipinski definition) is 4. The predicted octanol–water partition coefficient (Wildman–Crippen LogP) is 3.82. The molecule has 0 bridgehead atoms. The van der Waals surface area contributed by atoms with Crippen molar-refractivity contribution in [3.8, 4) is 0 Å². The van der Waals surface area contributed by atoms with E-state index in [1.807, 2.05) is 0 Å². The van der Waals surface area contributed by atoms with Gasteiger partial charge in [-0.1, -0.05) is 38.3 Å². The van der Waals surface area contributed by atoms with Gasteiger partial charge in [-0.15, -0.1) is 0 Å². The van der Waals surface area contributed by atoms with Crippen LogP contribution in [0.25, 0.3) is 0 Å². The lowest BCUT2D eigenvalue weighted by Crippen LogP contribution is -2.35. The molecule has 1 aliphatic carbocycles. The van der Waals surface area contributed by atoms with Crippen molar-refractivity contribution in [2.45, 2.75) is 45.6 Å². The molecule has 2 rings (SSSR count). The molecular formula is C11H18ClN3S. The summed E-state index contributed by atoms with van der Waals surface area (Å²) in [5.41, 5.74) is 0. The van der Waals surface area contributed by atoms with E-state index in [-0.39, 0.29) is 0 Å². The highest BCUT2D eigenvalue weighted by atomic mass is 35.5. The van der Waals surface area contributed by atoms with E-state index in [1.54, 1.807) is 0 Å². The summed E-state index contributed by atoms with van der Waals surface area (Å²) in [5, 5.41) is 3.98. The second-order valence-corrected chi connectivity index (χ2v) is 5.73. The normalized spacial score (nSPS) is 26.0. The monoisotopic (exact) mass is 259 g/mol. The van der Waals surface area contributed by atoms with Crippen molar-refractivity contribution in [3.63, 3.8) is 0 Å². The number of hydrogen-bond donors (Lipinski definition) is 1. The molecule has 0 spiro atoms. The molecule has 1 aromatic heterocycles. The van der Waals surface area contributed by atoms with E-state index in [4.69, 9.17) is 11.6 Å². The van der Waals surface area contributed by atoms with Crippen LogP contribution in [0.15, 0.2) is 0 Å². The van der Waals surface area contributed by atoms with Crippen molar-refractivity contribution in [3.05, 3.63) is 5.15 Å². The summed E-state index contributed by atoms with van der Waals surface area (Å²) in [5.74, 6) is 2.21. The maximum absolute atomic E-state index is 5.96. The van der Waals surface area contributed by atoms with Crippen LogP contribution < -0.4 is 5.32 Å². The molecule has 1 heterocycles. The van der Waals surface area contributed by atoms with Crippen molar-refractivity contribution < 1.29 is 0 Å². The average Bonchev–Trinajstić information content (AvgIpc) is 2.65. The van der Waals surface area contributed by atoms with Gasteiger partial charge in [-0.2, -0.15) is 8.75 Å². The zero-order chi connectivity index (χ0) is 11.5. The number of rotatable bonds is 3. The van der Waals surface area contributed by atoms with Gasteiger partial charge in [-0.05, 0) is 24.7 Å². The lowest BCUT2D eigenvalue weighted by atomic mass is 9.78. The summed E-state index contributed by atoms with van der Waals surface area (Å²) in [6.07, 6.45) is 5.18. The zero-order valence-corrected chi connectivity index (χ0v) is 11.3. The summed E-state index contributed by atoms with van der Waals surface area (Å²) in [6.45, 7) is 4.59. The number of nitrogens with one attached hydrogen (secondary N) is 1. The van der Waals surface area contributed by atoms with Crippen LogP contribution in [0, 0.1) is 11.8 Å². The van der Waals surface area contributed by atoms with Gasteiger partial charge < -0.3 is 5.32 Å². The number of nitrogens with zero attached hydrogens (tertiary/aromatic N) is 2. The minimum atomic E-state index is 0.509. The molecule has 1 fully saturated rings. The molecule has 0 aliphatic heterocycles. The van der Waals surface area contributed by atoms with Gasteiger partial charge in [0, 0.05) is 6.04 Å². The SMILES string of the molecule is CC(C)C1CCCCC1Nc1nsnc1Cl. The Labute approximate surface area is 106 Å². The fourth-order valence-electron chi connectivity index (χ4n) is 2.58. The smallest absolute Gasteiger partial charge is 0.186 e. The van der Waals surface area contributed by atoms with Crippen molar-refractivity contribution >= 4 is 29.1 Å². The summed E-state index contributed by atoms with van der Waals surface area (Å²) in [4.78, 5) is 0. The molecule has 1 saturated carbocycles. The minimum Gasteiger partial charge on any atom is -0.364 e. The molecule has 16 heavy (non-hydrogen) atoms. The fraction of sp³-hybridized carbons (Fsp3) is 0.818. The molecule has 1 aromatic rings. The van der Waals surface area contributed by atoms with Crippen molar-refractivity contribution in [2.24, 2.45) is 11.8 Å². The first-order chi connectivity index (χ1) is 7.68. The standard InChI is InChI=1S/C11H18ClN3S/c1-7(2)8-5-3-4-6-9(8)13-11-10(12)14-16-15-11/h7-9H,3-6H2,1-2H3,(H,13,15). The van der Waals surface area contributed by atoms with E-state index in [0.29, 0.717) is 17.1 Å². The largest absolute Gasteiger partial charge is 0.364 e. The lowest BCUT2D eigenvalue weighted by Gasteiger charge is -2.34. The maximum atomic E-state index is 5.96. The van der Waals surface area contributed by atoms with Crippen molar-refractivity contribution in [1.29, 1.82) is 0 Å². The Bertz CT molecular complexity index is 340. The van der Waals surface area contributed by atoms with Crippen LogP contribution >= 0.6 is 23.3 Å². The van der Waals surface area contributed by atoms with Crippen molar-refractivity contribution in [1.82, 2.24) is 8.75 Å². The molecule has 90 valence electrons. The highest BCUT2D eigenvalue weighted by Crippen LogP contribution is 2.33. The van der Waals surface area contributed by atoms with E-state index in [0.717, 1.165) is 11.7 Å². The number of anilines is 1. The molecule has 3 nitrogen and oxygen atoms in total. The molecule has 0 aromatic carbocycles. The molecule has 5 heteroatoms. The molecule has 1 aliphatic rings. The van der Waals surface area contributed by atoms with Gasteiger partial charge >= 0.3 is 0 Å². The van der Waals surface area contributed by atoms with Gasteiger partial charge in [0.25, 0.3) is 0 Å². The summed E-state index contributed by atoms with van der Waals surface area (Å²) in [7, 11) is 0. The number of aromatic nitrogens is 2. The van der Waals surface area contributed by atoms with Crippen molar-refractivity contribution in [2.75, 3.05) is 5.32 Å². The molecule has 0 amide bonds. The fourth-order valence-corrected chi connectivity index (χ4v) is 3.24. The average molecular weight is 260 g/mol. The van der Waals surface area contributed by atoms with E-state index in [9.17, 15) is 0 Å². The van der Waals surface area contributed by atoms with Crippen LogP contribution in [0.5, 0.6) is 0 Å². The lowest BCUT2D eigenvalue weighted by molar-refractivity contribution is 0.253. The molecule has 2 atom stereocenters. The van der Waals surface area contributed by atoms with Crippen LogP contribution in [0.3, 0.4) is 0 Å². The minimum absolute atomic E-state index is 0.509. The molecular weight excluding hydrogens is 242 g/mol. The van der Waals surface area contributed by atoms with Crippen LogP contribution in [0.4, 0.5) is 5.82 Å². The quantitative estimate of drug-likeness (QED) is 0.897. The Morgan fingerprint density at radius 1 is 1.31 bits per heavy atom. The summed E-state index contributed by atoms with van der Waals surface area (Å²) in [6, 6.07) is 0.509. The Hall–Kier alpha value is -0.350. The first-order valence-corrected chi connectivity index (χ1v) is 7.04. The Kier molecular flexibility index (Phi) is 4.03. The van der Waals surface area contributed by atoms with Crippen LogP contribution in [0.1, 0.15) is 39.5 Å². The third-order valence-corrected chi connectivity index (χ3v) is 4.34. The first-order valence-electron chi connectivity index (χ1n) is 5.93. The second kappa shape index (κ2) is 5.32. The molecule has 0 radical (unpaired) electrons. The molecule has 1 N–H and O–H groups in total. The third kappa shape index (κ3) is 2.66. The van der Waals surface area contributed by atoms with Gasteiger partial charge in [0.2, 0.25) is 0 Å². The van der Waals surface area contributed by atoms with Crippen LogP contribution in [-0.2, 0) is 0 Å². The van der Waals surface area contributed by atoms with Gasteiger partial charge in [0.15, 0.2) is 11.0 Å². The highest BCUT2D eigenvalue weighted by molar-refractivity contribution is 6.99. The second-order valence-electron chi connectivity index (χ2n) is 4.85. The third-order valence-electron chi connectivity index (χ3n) is 3.45. The number of halogens is 1. The van der Waals surface area contributed by atoms with Gasteiger partial charge in [-0.3, -0.25) is 0 Å². The zero-order valence-electron chi connectivity index (χ0n) is 9.74. The first kappa shape index (κ1) is 12.1. The van der Waals surface area contributed by atoms with Crippen LogP contribution in [-0.4, -0.2) is 14.8 Å². The van der Waals surface area contributed by atoms with E-state index in [1.165, 1.54) is 37.4 Å². The van der Waals surface area contributed by atoms with Gasteiger partial charge in [0.1, 0.15) is 0 Å². The van der Waals surface area contributed by atoms with Gasteiger partial charge in [0.05, 0.1) is 11.7 Å². The van der Waals surface area contributed by atoms with E-state index in [2.05, 4.69) is 27.9 Å². The van der Waals surface area contributed by atoms with E-state index >= 15 is 0 Å². The Morgan fingerprint density at radius 3 is 2.69 bits per heavy atom. The topological polar surface area (TPSA) is 37.8 Å².